The number of fused-ring (bicyclic) bond motifs is 1. The molecule has 1 saturated carbocycles. The van der Waals surface area contributed by atoms with Crippen LogP contribution >= 0.6 is 0 Å². The highest BCUT2D eigenvalue weighted by atomic mass is 19.1. The van der Waals surface area contributed by atoms with Gasteiger partial charge in [-0.2, -0.15) is 0 Å². The van der Waals surface area contributed by atoms with Crippen LogP contribution in [0.1, 0.15) is 70.9 Å². The van der Waals surface area contributed by atoms with E-state index in [9.17, 15) is 4.39 Å². The molecule has 4 nitrogen and oxygen atoms in total. The highest BCUT2D eigenvalue weighted by Gasteiger charge is 2.33. The van der Waals surface area contributed by atoms with Crippen molar-refractivity contribution in [3.63, 3.8) is 0 Å². The van der Waals surface area contributed by atoms with Crippen molar-refractivity contribution in [2.24, 2.45) is 16.5 Å². The number of nitrogens with zero attached hydrogens (tertiary/aromatic N) is 3. The second-order valence-electron chi connectivity index (χ2n) is 10.0. The second-order valence-corrected chi connectivity index (χ2v) is 10.0. The third-order valence-corrected chi connectivity index (χ3v) is 7.35. The number of aromatic nitrogens is 1. The van der Waals surface area contributed by atoms with Crippen LogP contribution in [0.15, 0.2) is 29.6 Å². The maximum absolute atomic E-state index is 13.7. The van der Waals surface area contributed by atoms with E-state index in [-0.39, 0.29) is 5.82 Å². The molecule has 2 fully saturated rings. The SMILES string of the molecule is CC(C)(C)C1CCC(N2CCC(n3cc(/C=N/O)c4cc(F)ccc43)CC2)CC1. The number of hydrogen-bond donors (Lipinski definition) is 1. The van der Waals surface area contributed by atoms with Gasteiger partial charge >= 0.3 is 0 Å². The lowest BCUT2D eigenvalue weighted by atomic mass is 9.71. The molecule has 0 radical (unpaired) electrons. The van der Waals surface area contributed by atoms with E-state index < -0.39 is 0 Å². The fourth-order valence-electron chi connectivity index (χ4n) is 5.56. The predicted molar refractivity (Wildman–Crippen MR) is 116 cm³/mol. The largest absolute Gasteiger partial charge is 0.411 e. The normalized spacial score (nSPS) is 25.2. The maximum Gasteiger partial charge on any atom is 0.123 e. The van der Waals surface area contributed by atoms with Crippen LogP contribution in [0.4, 0.5) is 4.39 Å². The van der Waals surface area contributed by atoms with Crippen LogP contribution in [0.5, 0.6) is 0 Å². The van der Waals surface area contributed by atoms with E-state index in [1.165, 1.54) is 44.0 Å². The Balaban J connectivity index is 1.43. The molecule has 2 heterocycles. The molecule has 29 heavy (non-hydrogen) atoms. The fourth-order valence-corrected chi connectivity index (χ4v) is 5.56. The molecular formula is C24H34FN3O. The minimum absolute atomic E-state index is 0.261. The van der Waals surface area contributed by atoms with Crippen LogP contribution in [-0.4, -0.2) is 40.0 Å². The molecule has 0 spiro atoms. The first-order valence-corrected chi connectivity index (χ1v) is 11.1. The lowest BCUT2D eigenvalue weighted by Crippen LogP contribution is -2.44. The van der Waals surface area contributed by atoms with Gasteiger partial charge in [0.2, 0.25) is 0 Å². The van der Waals surface area contributed by atoms with Gasteiger partial charge in [-0.05, 0) is 68.1 Å². The fraction of sp³-hybridized carbons (Fsp3) is 0.625. The van der Waals surface area contributed by atoms with E-state index in [4.69, 9.17) is 5.21 Å². The molecule has 0 bridgehead atoms. The Morgan fingerprint density at radius 3 is 2.34 bits per heavy atom. The highest BCUT2D eigenvalue weighted by Crippen LogP contribution is 2.40. The summed E-state index contributed by atoms with van der Waals surface area (Å²) >= 11 is 0. The van der Waals surface area contributed by atoms with Gasteiger partial charge in [0.05, 0.1) is 6.21 Å². The van der Waals surface area contributed by atoms with Crippen LogP contribution < -0.4 is 0 Å². The Morgan fingerprint density at radius 1 is 1.03 bits per heavy atom. The Kier molecular flexibility index (Phi) is 5.69. The summed E-state index contributed by atoms with van der Waals surface area (Å²) in [6, 6.07) is 6.04. The summed E-state index contributed by atoms with van der Waals surface area (Å²) in [5.74, 6) is 0.595. The van der Waals surface area contributed by atoms with Crippen LogP contribution in [-0.2, 0) is 0 Å². The molecule has 1 aromatic heterocycles. The standard InChI is InChI=1S/C24H34FN3O/c1-24(2,3)18-4-7-20(8-5-18)27-12-10-21(11-13-27)28-16-17(15-26-29)22-14-19(25)6-9-23(22)28/h6,9,14-16,18,20-21,29H,4-5,7-8,10-13H2,1-3H3/b26-15+. The molecule has 4 rings (SSSR count). The average molecular weight is 400 g/mol. The van der Waals surface area contributed by atoms with Crippen LogP contribution in [0.3, 0.4) is 0 Å². The van der Waals surface area contributed by atoms with Gasteiger partial charge in [0.15, 0.2) is 0 Å². The third kappa shape index (κ3) is 4.20. The van der Waals surface area contributed by atoms with Crippen molar-refractivity contribution in [2.75, 3.05) is 13.1 Å². The molecule has 5 heteroatoms. The molecule has 1 N–H and O–H groups in total. The van der Waals surface area contributed by atoms with E-state index in [0.717, 1.165) is 54.4 Å². The molecule has 1 aromatic carbocycles. The van der Waals surface area contributed by atoms with Crippen LogP contribution in [0.25, 0.3) is 10.9 Å². The van der Waals surface area contributed by atoms with Gasteiger partial charge in [0, 0.05) is 47.8 Å². The van der Waals surface area contributed by atoms with Gasteiger partial charge in [0.1, 0.15) is 5.82 Å². The van der Waals surface area contributed by atoms with Crippen molar-refractivity contribution >= 4 is 17.1 Å². The van der Waals surface area contributed by atoms with E-state index in [0.29, 0.717) is 11.5 Å². The molecule has 1 aliphatic heterocycles. The first-order valence-electron chi connectivity index (χ1n) is 11.1. The summed E-state index contributed by atoms with van der Waals surface area (Å²) in [6.45, 7) is 9.39. The maximum atomic E-state index is 13.7. The van der Waals surface area contributed by atoms with Crippen molar-refractivity contribution < 1.29 is 9.60 Å². The summed E-state index contributed by atoms with van der Waals surface area (Å²) in [5, 5.41) is 13.0. The zero-order valence-electron chi connectivity index (χ0n) is 17.9. The summed E-state index contributed by atoms with van der Waals surface area (Å²) < 4.78 is 16.0. The molecule has 158 valence electrons. The zero-order valence-corrected chi connectivity index (χ0v) is 17.9. The molecule has 0 unspecified atom stereocenters. The van der Waals surface area contributed by atoms with Gasteiger partial charge in [-0.1, -0.05) is 25.9 Å². The van der Waals surface area contributed by atoms with Crippen molar-refractivity contribution in [1.82, 2.24) is 9.47 Å². The van der Waals surface area contributed by atoms with E-state index in [1.54, 1.807) is 0 Å². The third-order valence-electron chi connectivity index (χ3n) is 7.35. The number of oxime groups is 1. The van der Waals surface area contributed by atoms with Gasteiger partial charge in [0.25, 0.3) is 0 Å². The Bertz CT molecular complexity index is 866. The van der Waals surface area contributed by atoms with Gasteiger partial charge < -0.3 is 14.7 Å². The molecule has 1 saturated heterocycles. The Hall–Kier alpha value is -1.88. The highest BCUT2D eigenvalue weighted by molar-refractivity contribution is 5.99. The van der Waals surface area contributed by atoms with Crippen LogP contribution in [0, 0.1) is 17.2 Å². The number of halogens is 1. The van der Waals surface area contributed by atoms with Gasteiger partial charge in [-0.25, -0.2) is 4.39 Å². The van der Waals surface area contributed by atoms with E-state index in [2.05, 4.69) is 35.4 Å². The van der Waals surface area contributed by atoms with Crippen molar-refractivity contribution in [3.8, 4) is 0 Å². The number of likely N-dealkylation sites (tertiary alicyclic amines) is 1. The second kappa shape index (κ2) is 8.10. The number of piperidine rings is 1. The quantitative estimate of drug-likeness (QED) is 0.401. The molecule has 2 aliphatic rings. The van der Waals surface area contributed by atoms with Crippen LogP contribution in [0.2, 0.25) is 0 Å². The van der Waals surface area contributed by atoms with Gasteiger partial charge in [-0.15, -0.1) is 0 Å². The topological polar surface area (TPSA) is 40.8 Å². The molecule has 2 aromatic rings. The first kappa shape index (κ1) is 20.4. The first-order chi connectivity index (χ1) is 13.9. The van der Waals surface area contributed by atoms with E-state index >= 15 is 0 Å². The van der Waals surface area contributed by atoms with Gasteiger partial charge in [-0.3, -0.25) is 0 Å². The summed E-state index contributed by atoms with van der Waals surface area (Å²) in [6.07, 6.45) is 11.0. The minimum Gasteiger partial charge on any atom is -0.411 e. The molecule has 1 aliphatic carbocycles. The summed E-state index contributed by atoms with van der Waals surface area (Å²) in [7, 11) is 0. The summed E-state index contributed by atoms with van der Waals surface area (Å²) in [5.41, 5.74) is 2.22. The van der Waals surface area contributed by atoms with Crippen molar-refractivity contribution in [2.45, 2.75) is 71.4 Å². The minimum atomic E-state index is -0.261. The van der Waals surface area contributed by atoms with E-state index in [1.807, 2.05) is 12.3 Å². The predicted octanol–water partition coefficient (Wildman–Crippen LogP) is 5.83. The lowest BCUT2D eigenvalue weighted by Gasteiger charge is -2.43. The Labute approximate surface area is 173 Å². The number of benzene rings is 1. The number of hydrogen-bond acceptors (Lipinski definition) is 3. The molecule has 0 amide bonds. The molecule has 0 atom stereocenters. The van der Waals surface area contributed by atoms with Crippen molar-refractivity contribution in [1.29, 1.82) is 0 Å². The Morgan fingerprint density at radius 2 is 1.72 bits per heavy atom. The monoisotopic (exact) mass is 399 g/mol. The zero-order chi connectivity index (χ0) is 20.6. The average Bonchev–Trinajstić information content (AvgIpc) is 3.05. The molecular weight excluding hydrogens is 365 g/mol. The summed E-state index contributed by atoms with van der Waals surface area (Å²) in [4.78, 5) is 2.71. The lowest BCUT2D eigenvalue weighted by molar-refractivity contribution is 0.0723. The van der Waals surface area contributed by atoms with Crippen molar-refractivity contribution in [3.05, 3.63) is 35.8 Å². The smallest absolute Gasteiger partial charge is 0.123 e. The number of rotatable bonds is 3.